The van der Waals surface area contributed by atoms with Crippen LogP contribution in [-0.2, 0) is 6.42 Å². The second-order valence-electron chi connectivity index (χ2n) is 3.77. The van der Waals surface area contributed by atoms with E-state index >= 15 is 0 Å². The first kappa shape index (κ1) is 12.0. The van der Waals surface area contributed by atoms with Crippen molar-refractivity contribution in [1.29, 1.82) is 0 Å². The summed E-state index contributed by atoms with van der Waals surface area (Å²) in [5, 5.41) is 12.4. The molecule has 0 heterocycles. The van der Waals surface area contributed by atoms with Crippen LogP contribution in [0.25, 0.3) is 0 Å². The molecule has 0 aliphatic carbocycles. The Hall–Kier alpha value is -1.09. The van der Waals surface area contributed by atoms with Gasteiger partial charge in [-0.25, -0.2) is 0 Å². The Labute approximate surface area is 90.1 Å². The molecule has 0 aliphatic heterocycles. The van der Waals surface area contributed by atoms with Gasteiger partial charge in [-0.1, -0.05) is 12.1 Å². The van der Waals surface area contributed by atoms with Gasteiger partial charge in [0.05, 0.1) is 6.67 Å². The molecular formula is C12H18FNO. The van der Waals surface area contributed by atoms with Gasteiger partial charge in [0.25, 0.3) is 0 Å². The van der Waals surface area contributed by atoms with Gasteiger partial charge in [-0.3, -0.25) is 4.39 Å². The fourth-order valence-electron chi connectivity index (χ4n) is 1.47. The SMILES string of the molecule is CC(Cc1ccc(O)cc1)NCCCF. The van der Waals surface area contributed by atoms with Crippen molar-refractivity contribution in [3.63, 3.8) is 0 Å². The predicted molar refractivity (Wildman–Crippen MR) is 59.9 cm³/mol. The summed E-state index contributed by atoms with van der Waals surface area (Å²) in [6.07, 6.45) is 1.46. The van der Waals surface area contributed by atoms with Crippen molar-refractivity contribution in [3.05, 3.63) is 29.8 Å². The molecule has 0 aliphatic rings. The summed E-state index contributed by atoms with van der Waals surface area (Å²) in [4.78, 5) is 0. The topological polar surface area (TPSA) is 32.3 Å². The zero-order chi connectivity index (χ0) is 11.1. The van der Waals surface area contributed by atoms with E-state index in [1.54, 1.807) is 12.1 Å². The number of hydrogen-bond donors (Lipinski definition) is 2. The van der Waals surface area contributed by atoms with E-state index in [0.29, 0.717) is 12.5 Å². The highest BCUT2D eigenvalue weighted by molar-refractivity contribution is 5.26. The van der Waals surface area contributed by atoms with Gasteiger partial charge >= 0.3 is 0 Å². The first-order chi connectivity index (χ1) is 7.22. The van der Waals surface area contributed by atoms with Crippen LogP contribution in [0.5, 0.6) is 5.75 Å². The molecule has 0 aromatic heterocycles. The molecule has 1 aromatic rings. The second-order valence-corrected chi connectivity index (χ2v) is 3.77. The number of alkyl halides is 1. The average Bonchev–Trinajstić information content (AvgIpc) is 2.22. The lowest BCUT2D eigenvalue weighted by Gasteiger charge is -2.13. The Kier molecular flexibility index (Phi) is 5.12. The summed E-state index contributed by atoms with van der Waals surface area (Å²) in [6.45, 7) is 2.53. The molecule has 2 N–H and O–H groups in total. The molecule has 3 heteroatoms. The molecule has 1 aromatic carbocycles. The Morgan fingerprint density at radius 1 is 1.33 bits per heavy atom. The first-order valence-electron chi connectivity index (χ1n) is 5.29. The molecule has 2 nitrogen and oxygen atoms in total. The molecule has 0 saturated heterocycles. The van der Waals surface area contributed by atoms with Crippen molar-refractivity contribution in [2.45, 2.75) is 25.8 Å². The first-order valence-corrected chi connectivity index (χ1v) is 5.29. The van der Waals surface area contributed by atoms with Gasteiger partial charge in [0.2, 0.25) is 0 Å². The van der Waals surface area contributed by atoms with Gasteiger partial charge in [-0.05, 0) is 44.0 Å². The number of benzene rings is 1. The van der Waals surface area contributed by atoms with E-state index in [-0.39, 0.29) is 12.4 Å². The number of nitrogens with one attached hydrogen (secondary N) is 1. The zero-order valence-corrected chi connectivity index (χ0v) is 9.04. The molecule has 1 rings (SSSR count). The summed E-state index contributed by atoms with van der Waals surface area (Å²) in [7, 11) is 0. The molecule has 84 valence electrons. The predicted octanol–water partition coefficient (Wildman–Crippen LogP) is 2.27. The van der Waals surface area contributed by atoms with E-state index in [2.05, 4.69) is 12.2 Å². The van der Waals surface area contributed by atoms with Crippen molar-refractivity contribution >= 4 is 0 Å². The maximum absolute atomic E-state index is 11.8. The highest BCUT2D eigenvalue weighted by Crippen LogP contribution is 2.11. The maximum Gasteiger partial charge on any atom is 0.115 e. The van der Waals surface area contributed by atoms with E-state index in [9.17, 15) is 4.39 Å². The molecule has 15 heavy (non-hydrogen) atoms. The summed E-state index contributed by atoms with van der Waals surface area (Å²) < 4.78 is 11.8. The van der Waals surface area contributed by atoms with E-state index in [0.717, 1.165) is 13.0 Å². The third kappa shape index (κ3) is 4.79. The monoisotopic (exact) mass is 211 g/mol. The largest absolute Gasteiger partial charge is 0.508 e. The standard InChI is InChI=1S/C12H18FNO/c1-10(14-8-2-7-13)9-11-3-5-12(15)6-4-11/h3-6,10,14-15H,2,7-9H2,1H3. The van der Waals surface area contributed by atoms with E-state index in [1.807, 2.05) is 12.1 Å². The quantitative estimate of drug-likeness (QED) is 0.707. The smallest absolute Gasteiger partial charge is 0.115 e. The molecule has 0 radical (unpaired) electrons. The van der Waals surface area contributed by atoms with Gasteiger partial charge in [0, 0.05) is 6.04 Å². The summed E-state index contributed by atoms with van der Waals surface area (Å²) >= 11 is 0. The third-order valence-electron chi connectivity index (χ3n) is 2.28. The fourth-order valence-corrected chi connectivity index (χ4v) is 1.47. The minimum Gasteiger partial charge on any atom is -0.508 e. The van der Waals surface area contributed by atoms with E-state index in [4.69, 9.17) is 5.11 Å². The molecule has 0 amide bonds. The molecule has 1 unspecified atom stereocenters. The van der Waals surface area contributed by atoms with Crippen molar-refractivity contribution < 1.29 is 9.50 Å². The van der Waals surface area contributed by atoms with Gasteiger partial charge in [0.15, 0.2) is 0 Å². The minimum atomic E-state index is -0.265. The maximum atomic E-state index is 11.8. The van der Waals surface area contributed by atoms with Crippen LogP contribution in [0.3, 0.4) is 0 Å². The normalized spacial score (nSPS) is 12.7. The number of phenols is 1. The van der Waals surface area contributed by atoms with Crippen LogP contribution >= 0.6 is 0 Å². The molecule has 1 atom stereocenters. The van der Waals surface area contributed by atoms with Crippen molar-refractivity contribution in [1.82, 2.24) is 5.32 Å². The van der Waals surface area contributed by atoms with Gasteiger partial charge < -0.3 is 10.4 Å². The third-order valence-corrected chi connectivity index (χ3v) is 2.28. The van der Waals surface area contributed by atoms with Crippen LogP contribution in [0.2, 0.25) is 0 Å². The van der Waals surface area contributed by atoms with Crippen LogP contribution in [0.15, 0.2) is 24.3 Å². The molecule has 0 fully saturated rings. The highest BCUT2D eigenvalue weighted by atomic mass is 19.1. The molecule has 0 saturated carbocycles. The van der Waals surface area contributed by atoms with E-state index < -0.39 is 0 Å². The second kappa shape index (κ2) is 6.40. The van der Waals surface area contributed by atoms with Crippen LogP contribution in [-0.4, -0.2) is 24.4 Å². The Morgan fingerprint density at radius 3 is 2.60 bits per heavy atom. The van der Waals surface area contributed by atoms with E-state index in [1.165, 1.54) is 5.56 Å². The number of aromatic hydroxyl groups is 1. The number of rotatable bonds is 6. The highest BCUT2D eigenvalue weighted by Gasteiger charge is 2.02. The van der Waals surface area contributed by atoms with Crippen molar-refractivity contribution in [2.75, 3.05) is 13.2 Å². The number of hydrogen-bond acceptors (Lipinski definition) is 2. The van der Waals surface area contributed by atoms with Crippen LogP contribution in [0.4, 0.5) is 4.39 Å². The van der Waals surface area contributed by atoms with Crippen molar-refractivity contribution in [2.24, 2.45) is 0 Å². The number of halogens is 1. The summed E-state index contributed by atoms with van der Waals surface area (Å²) in [5.41, 5.74) is 1.17. The van der Waals surface area contributed by atoms with Gasteiger partial charge in [-0.2, -0.15) is 0 Å². The fraction of sp³-hybridized carbons (Fsp3) is 0.500. The number of phenolic OH excluding ortho intramolecular Hbond substituents is 1. The zero-order valence-electron chi connectivity index (χ0n) is 9.04. The Bertz CT molecular complexity index is 273. The van der Waals surface area contributed by atoms with Crippen LogP contribution < -0.4 is 5.32 Å². The summed E-state index contributed by atoms with van der Waals surface area (Å²) in [5.74, 6) is 0.289. The lowest BCUT2D eigenvalue weighted by Crippen LogP contribution is -2.29. The molecular weight excluding hydrogens is 193 g/mol. The van der Waals surface area contributed by atoms with Gasteiger partial charge in [0.1, 0.15) is 5.75 Å². The Morgan fingerprint density at radius 2 is 2.00 bits per heavy atom. The summed E-state index contributed by atoms with van der Waals surface area (Å²) in [6, 6.07) is 7.51. The van der Waals surface area contributed by atoms with Gasteiger partial charge in [-0.15, -0.1) is 0 Å². The lowest BCUT2D eigenvalue weighted by molar-refractivity contribution is 0.441. The molecule has 0 bridgehead atoms. The average molecular weight is 211 g/mol. The van der Waals surface area contributed by atoms with Crippen LogP contribution in [0, 0.1) is 0 Å². The van der Waals surface area contributed by atoms with Crippen molar-refractivity contribution in [3.8, 4) is 5.75 Å². The molecule has 0 spiro atoms. The van der Waals surface area contributed by atoms with Crippen LogP contribution in [0.1, 0.15) is 18.9 Å². The minimum absolute atomic E-state index is 0.265. The Balaban J connectivity index is 2.31. The lowest BCUT2D eigenvalue weighted by atomic mass is 10.1.